The number of para-hydroxylation sites is 1. The Hall–Kier alpha value is -2.27. The summed E-state index contributed by atoms with van der Waals surface area (Å²) in [6.07, 6.45) is 5.38. The van der Waals surface area contributed by atoms with Crippen molar-refractivity contribution in [2.75, 3.05) is 38.1 Å². The van der Waals surface area contributed by atoms with Gasteiger partial charge in [-0.1, -0.05) is 18.2 Å². The van der Waals surface area contributed by atoms with Crippen molar-refractivity contribution in [1.82, 2.24) is 10.2 Å². The Kier molecular flexibility index (Phi) is 4.74. The van der Waals surface area contributed by atoms with E-state index in [2.05, 4.69) is 50.4 Å². The van der Waals surface area contributed by atoms with Crippen molar-refractivity contribution >= 4 is 11.6 Å². The highest BCUT2D eigenvalue weighted by Gasteiger charge is 2.27. The lowest BCUT2D eigenvalue weighted by Crippen LogP contribution is -2.44. The number of anilines is 1. The van der Waals surface area contributed by atoms with Gasteiger partial charge in [-0.2, -0.15) is 0 Å². The van der Waals surface area contributed by atoms with Gasteiger partial charge in [-0.15, -0.1) is 0 Å². The standard InChI is InChI=1S/C20H26N4O/c1-21-20(24-13-10-16-7-2-3-8-17(16)24)22-15-18(19-9-6-14-25-19)23-11-4-5-12-23/h2-3,6-9,14,18H,4-5,10-13,15H2,1H3,(H,21,22). The van der Waals surface area contributed by atoms with E-state index in [1.54, 1.807) is 6.26 Å². The molecule has 25 heavy (non-hydrogen) atoms. The minimum absolute atomic E-state index is 0.257. The first kappa shape index (κ1) is 16.2. The highest BCUT2D eigenvalue weighted by atomic mass is 16.3. The second-order valence-corrected chi connectivity index (χ2v) is 6.73. The molecule has 1 saturated heterocycles. The summed E-state index contributed by atoms with van der Waals surface area (Å²) in [5, 5.41) is 3.59. The second kappa shape index (κ2) is 7.31. The molecule has 1 aromatic heterocycles. The summed E-state index contributed by atoms with van der Waals surface area (Å²) < 4.78 is 5.72. The molecule has 1 atom stereocenters. The molecule has 1 N–H and O–H groups in total. The lowest BCUT2D eigenvalue weighted by atomic mass is 10.2. The molecule has 0 amide bonds. The molecule has 2 aromatic rings. The lowest BCUT2D eigenvalue weighted by Gasteiger charge is -2.29. The minimum atomic E-state index is 0.257. The fraction of sp³-hybridized carbons (Fsp3) is 0.450. The van der Waals surface area contributed by atoms with Crippen LogP contribution in [-0.2, 0) is 6.42 Å². The van der Waals surface area contributed by atoms with E-state index in [0.717, 1.165) is 44.3 Å². The van der Waals surface area contributed by atoms with E-state index in [0.29, 0.717) is 0 Å². The Balaban J connectivity index is 1.48. The van der Waals surface area contributed by atoms with Gasteiger partial charge in [-0.05, 0) is 56.1 Å². The third-order valence-corrected chi connectivity index (χ3v) is 5.26. The Morgan fingerprint density at radius 3 is 2.76 bits per heavy atom. The maximum absolute atomic E-state index is 5.72. The normalized spacial score (nSPS) is 19.2. The van der Waals surface area contributed by atoms with E-state index >= 15 is 0 Å². The van der Waals surface area contributed by atoms with Gasteiger partial charge in [-0.3, -0.25) is 9.89 Å². The summed E-state index contributed by atoms with van der Waals surface area (Å²) in [7, 11) is 1.86. The van der Waals surface area contributed by atoms with Crippen LogP contribution in [0.4, 0.5) is 5.69 Å². The van der Waals surface area contributed by atoms with Gasteiger partial charge in [0.25, 0.3) is 0 Å². The molecule has 1 aromatic carbocycles. The number of hydrogen-bond acceptors (Lipinski definition) is 3. The van der Waals surface area contributed by atoms with Crippen molar-refractivity contribution in [3.05, 3.63) is 54.0 Å². The van der Waals surface area contributed by atoms with Crippen LogP contribution >= 0.6 is 0 Å². The van der Waals surface area contributed by atoms with E-state index in [1.807, 2.05) is 13.1 Å². The largest absolute Gasteiger partial charge is 0.468 e. The fourth-order valence-electron chi connectivity index (χ4n) is 3.99. The molecule has 132 valence electrons. The van der Waals surface area contributed by atoms with Crippen molar-refractivity contribution in [2.24, 2.45) is 4.99 Å². The summed E-state index contributed by atoms with van der Waals surface area (Å²) in [4.78, 5) is 9.33. The highest BCUT2D eigenvalue weighted by Crippen LogP contribution is 2.28. The van der Waals surface area contributed by atoms with Crippen molar-refractivity contribution in [1.29, 1.82) is 0 Å². The van der Waals surface area contributed by atoms with Crippen molar-refractivity contribution < 1.29 is 4.42 Å². The van der Waals surface area contributed by atoms with Crippen LogP contribution in [0, 0.1) is 0 Å². The third kappa shape index (κ3) is 3.29. The Morgan fingerprint density at radius 1 is 1.16 bits per heavy atom. The number of likely N-dealkylation sites (tertiary alicyclic amines) is 1. The first-order valence-electron chi connectivity index (χ1n) is 9.20. The maximum Gasteiger partial charge on any atom is 0.198 e. The van der Waals surface area contributed by atoms with Crippen LogP contribution in [0.25, 0.3) is 0 Å². The molecule has 5 nitrogen and oxygen atoms in total. The summed E-state index contributed by atoms with van der Waals surface area (Å²) in [6, 6.07) is 12.9. The van der Waals surface area contributed by atoms with Crippen LogP contribution in [0.5, 0.6) is 0 Å². The van der Waals surface area contributed by atoms with E-state index in [4.69, 9.17) is 4.42 Å². The van der Waals surface area contributed by atoms with Crippen LogP contribution in [-0.4, -0.2) is 44.1 Å². The number of nitrogens with one attached hydrogen (secondary N) is 1. The van der Waals surface area contributed by atoms with Gasteiger partial charge in [0.15, 0.2) is 5.96 Å². The number of benzene rings is 1. The number of fused-ring (bicyclic) bond motifs is 1. The molecule has 0 bridgehead atoms. The topological polar surface area (TPSA) is 44.0 Å². The quantitative estimate of drug-likeness (QED) is 0.687. The van der Waals surface area contributed by atoms with Gasteiger partial charge in [0.2, 0.25) is 0 Å². The summed E-state index contributed by atoms with van der Waals surface area (Å²) >= 11 is 0. The van der Waals surface area contributed by atoms with E-state index < -0.39 is 0 Å². The van der Waals surface area contributed by atoms with Gasteiger partial charge >= 0.3 is 0 Å². The predicted octanol–water partition coefficient (Wildman–Crippen LogP) is 3.05. The van der Waals surface area contributed by atoms with E-state index in [1.165, 1.54) is 24.1 Å². The molecule has 2 aliphatic heterocycles. The first-order valence-corrected chi connectivity index (χ1v) is 9.20. The summed E-state index contributed by atoms with van der Waals surface area (Å²) in [6.45, 7) is 4.06. The minimum Gasteiger partial charge on any atom is -0.468 e. The SMILES string of the molecule is CN=C(NCC(c1ccco1)N1CCCC1)N1CCc2ccccc21. The number of rotatable bonds is 4. The zero-order chi connectivity index (χ0) is 17.1. The van der Waals surface area contributed by atoms with Crippen LogP contribution in [0.15, 0.2) is 52.1 Å². The monoisotopic (exact) mass is 338 g/mol. The Bertz CT molecular complexity index is 719. The lowest BCUT2D eigenvalue weighted by molar-refractivity contribution is 0.215. The highest BCUT2D eigenvalue weighted by molar-refractivity contribution is 5.97. The number of nitrogens with zero attached hydrogens (tertiary/aromatic N) is 3. The van der Waals surface area contributed by atoms with Crippen molar-refractivity contribution in [3.63, 3.8) is 0 Å². The predicted molar refractivity (Wildman–Crippen MR) is 101 cm³/mol. The molecule has 0 aliphatic carbocycles. The average molecular weight is 338 g/mol. The molecule has 0 radical (unpaired) electrons. The molecule has 0 spiro atoms. The van der Waals surface area contributed by atoms with Gasteiger partial charge < -0.3 is 14.6 Å². The first-order chi connectivity index (χ1) is 12.4. The van der Waals surface area contributed by atoms with E-state index in [-0.39, 0.29) is 6.04 Å². The number of furan rings is 1. The molecule has 0 saturated carbocycles. The molecule has 1 fully saturated rings. The summed E-state index contributed by atoms with van der Waals surface area (Å²) in [5.41, 5.74) is 2.67. The number of aliphatic imine (C=N–C) groups is 1. The zero-order valence-corrected chi connectivity index (χ0v) is 14.8. The molecular formula is C20H26N4O. The smallest absolute Gasteiger partial charge is 0.198 e. The van der Waals surface area contributed by atoms with Gasteiger partial charge in [0.1, 0.15) is 5.76 Å². The van der Waals surface area contributed by atoms with Crippen molar-refractivity contribution in [3.8, 4) is 0 Å². The van der Waals surface area contributed by atoms with Crippen molar-refractivity contribution in [2.45, 2.75) is 25.3 Å². The molecule has 3 heterocycles. The summed E-state index contributed by atoms with van der Waals surface area (Å²) in [5.74, 6) is 1.98. The van der Waals surface area contributed by atoms with Crippen LogP contribution in [0.2, 0.25) is 0 Å². The molecule has 2 aliphatic rings. The second-order valence-electron chi connectivity index (χ2n) is 6.73. The Morgan fingerprint density at radius 2 is 2.00 bits per heavy atom. The van der Waals surface area contributed by atoms with Crippen LogP contribution in [0.3, 0.4) is 0 Å². The molecular weight excluding hydrogens is 312 g/mol. The fourth-order valence-corrected chi connectivity index (χ4v) is 3.99. The third-order valence-electron chi connectivity index (χ3n) is 5.26. The molecule has 1 unspecified atom stereocenters. The average Bonchev–Trinajstić information content (AvgIpc) is 3.40. The Labute approximate surface area is 149 Å². The van der Waals surface area contributed by atoms with Gasteiger partial charge in [-0.25, -0.2) is 0 Å². The number of hydrogen-bond donors (Lipinski definition) is 1. The van der Waals surface area contributed by atoms with Crippen LogP contribution < -0.4 is 10.2 Å². The maximum atomic E-state index is 5.72. The van der Waals surface area contributed by atoms with Gasteiger partial charge in [0, 0.05) is 25.8 Å². The zero-order valence-electron chi connectivity index (χ0n) is 14.8. The van der Waals surface area contributed by atoms with E-state index in [9.17, 15) is 0 Å². The molecule has 4 rings (SSSR count). The molecule has 5 heteroatoms. The van der Waals surface area contributed by atoms with Crippen LogP contribution in [0.1, 0.15) is 30.2 Å². The number of guanidine groups is 1. The van der Waals surface area contributed by atoms with Gasteiger partial charge in [0.05, 0.1) is 12.3 Å².